The number of carbonyl (C=O) groups excluding carboxylic acids is 1. The van der Waals surface area contributed by atoms with Gasteiger partial charge in [-0.1, -0.05) is 11.2 Å². The second-order valence-electron chi connectivity index (χ2n) is 6.93. The normalized spacial score (nSPS) is 11.5. The Morgan fingerprint density at radius 3 is 2.62 bits per heavy atom. The van der Waals surface area contributed by atoms with Crippen LogP contribution in [0, 0.1) is 11.6 Å². The van der Waals surface area contributed by atoms with Gasteiger partial charge in [-0.15, -0.1) is 11.3 Å². The van der Waals surface area contributed by atoms with Gasteiger partial charge in [-0.3, -0.25) is 9.10 Å². The van der Waals surface area contributed by atoms with Gasteiger partial charge in [0.2, 0.25) is 27.6 Å². The van der Waals surface area contributed by atoms with Crippen molar-refractivity contribution < 1.29 is 26.5 Å². The van der Waals surface area contributed by atoms with Gasteiger partial charge < -0.3 is 9.42 Å². The fourth-order valence-corrected chi connectivity index (χ4v) is 4.63. The minimum absolute atomic E-state index is 0.00170. The van der Waals surface area contributed by atoms with Crippen molar-refractivity contribution >= 4 is 33.0 Å². The first-order valence-corrected chi connectivity index (χ1v) is 12.5. The lowest BCUT2D eigenvalue weighted by atomic mass is 10.2. The van der Waals surface area contributed by atoms with Crippen molar-refractivity contribution in [1.29, 1.82) is 0 Å². The van der Waals surface area contributed by atoms with Crippen LogP contribution in [-0.2, 0) is 21.4 Å². The van der Waals surface area contributed by atoms with Gasteiger partial charge in [-0.25, -0.2) is 17.2 Å². The van der Waals surface area contributed by atoms with Gasteiger partial charge in [-0.2, -0.15) is 4.98 Å². The average Bonchev–Trinajstić information content (AvgIpc) is 3.42. The second kappa shape index (κ2) is 10.2. The smallest absolute Gasteiger partial charge is 0.246 e. The molecule has 0 fully saturated rings. The molecule has 1 aromatic carbocycles. The quantitative estimate of drug-likeness (QED) is 0.436. The third kappa shape index (κ3) is 5.88. The highest BCUT2D eigenvalue weighted by Gasteiger charge is 2.21. The van der Waals surface area contributed by atoms with Gasteiger partial charge in [0.1, 0.15) is 0 Å². The molecule has 172 valence electrons. The number of halogens is 2. The topological polar surface area (TPSA) is 96.6 Å². The predicted octanol–water partition coefficient (Wildman–Crippen LogP) is 3.67. The molecule has 2 heterocycles. The van der Waals surface area contributed by atoms with Crippen LogP contribution in [0.25, 0.3) is 10.7 Å². The summed E-state index contributed by atoms with van der Waals surface area (Å²) in [7, 11) is -3.75. The number of amides is 1. The van der Waals surface area contributed by atoms with E-state index in [1.807, 2.05) is 17.5 Å². The Morgan fingerprint density at radius 2 is 2.00 bits per heavy atom. The molecule has 1 amide bonds. The highest BCUT2D eigenvalue weighted by Crippen LogP contribution is 2.23. The molecular formula is C20H22F2N4O4S2. The number of hydrogen-bond donors (Lipinski definition) is 0. The maximum Gasteiger partial charge on any atom is 0.246 e. The summed E-state index contributed by atoms with van der Waals surface area (Å²) in [6.45, 7) is 2.27. The molecule has 0 aliphatic heterocycles. The van der Waals surface area contributed by atoms with Crippen molar-refractivity contribution in [2.75, 3.05) is 23.7 Å². The average molecular weight is 485 g/mol. The summed E-state index contributed by atoms with van der Waals surface area (Å²) < 4.78 is 57.2. The Labute approximate surface area is 188 Å². The van der Waals surface area contributed by atoms with E-state index in [9.17, 15) is 22.0 Å². The number of aromatic nitrogens is 2. The van der Waals surface area contributed by atoms with Gasteiger partial charge in [0.25, 0.3) is 0 Å². The number of sulfonamides is 1. The van der Waals surface area contributed by atoms with Crippen LogP contribution < -0.4 is 4.31 Å². The molecule has 3 rings (SSSR count). The van der Waals surface area contributed by atoms with Crippen molar-refractivity contribution in [3.63, 3.8) is 0 Å². The van der Waals surface area contributed by atoms with Crippen LogP contribution in [0.1, 0.15) is 25.7 Å². The Kier molecular flexibility index (Phi) is 7.56. The zero-order chi connectivity index (χ0) is 23.3. The van der Waals surface area contributed by atoms with Crippen LogP contribution in [-0.4, -0.2) is 48.7 Å². The molecule has 0 aliphatic rings. The number of carbonyl (C=O) groups is 1. The number of benzene rings is 1. The number of hydrogen-bond acceptors (Lipinski definition) is 7. The molecule has 12 heteroatoms. The van der Waals surface area contributed by atoms with Crippen molar-refractivity contribution in [2.45, 2.75) is 26.3 Å². The highest BCUT2D eigenvalue weighted by atomic mass is 32.2. The van der Waals surface area contributed by atoms with Crippen molar-refractivity contribution in [3.8, 4) is 10.7 Å². The molecule has 0 bridgehead atoms. The Hall–Kier alpha value is -2.86. The van der Waals surface area contributed by atoms with E-state index in [2.05, 4.69) is 10.1 Å². The monoisotopic (exact) mass is 484 g/mol. The van der Waals surface area contributed by atoms with E-state index in [-0.39, 0.29) is 37.5 Å². The third-order valence-corrected chi connectivity index (χ3v) is 6.67. The van der Waals surface area contributed by atoms with Crippen LogP contribution in [0.15, 0.2) is 40.2 Å². The molecule has 8 nitrogen and oxygen atoms in total. The lowest BCUT2D eigenvalue weighted by molar-refractivity contribution is -0.132. The molecule has 0 saturated carbocycles. The molecule has 0 spiro atoms. The highest BCUT2D eigenvalue weighted by molar-refractivity contribution is 7.92. The number of anilines is 1. The van der Waals surface area contributed by atoms with Crippen LogP contribution in [0.5, 0.6) is 0 Å². The molecule has 0 atom stereocenters. The van der Waals surface area contributed by atoms with Gasteiger partial charge in [0.15, 0.2) is 11.6 Å². The van der Waals surface area contributed by atoms with Crippen molar-refractivity contribution in [3.05, 3.63) is 53.2 Å². The molecule has 0 unspecified atom stereocenters. The van der Waals surface area contributed by atoms with Gasteiger partial charge in [-0.05, 0) is 36.9 Å². The van der Waals surface area contributed by atoms with Crippen molar-refractivity contribution in [1.82, 2.24) is 15.0 Å². The van der Waals surface area contributed by atoms with Crippen molar-refractivity contribution in [2.24, 2.45) is 0 Å². The van der Waals surface area contributed by atoms with E-state index in [0.29, 0.717) is 18.3 Å². The van der Waals surface area contributed by atoms with E-state index < -0.39 is 21.7 Å². The Balaban J connectivity index is 1.60. The first-order chi connectivity index (χ1) is 15.2. The van der Waals surface area contributed by atoms with E-state index in [4.69, 9.17) is 4.52 Å². The number of thiophene rings is 1. The van der Waals surface area contributed by atoms with Crippen LogP contribution in [0.4, 0.5) is 14.5 Å². The molecule has 3 aromatic rings. The SMILES string of the molecule is CCN(Cc1nc(-c2cccs2)no1)C(=O)CCCN(c1ccc(F)c(F)c1)S(C)(=O)=O. The second-order valence-corrected chi connectivity index (χ2v) is 9.79. The standard InChI is InChI=1S/C20H22F2N4O4S2/c1-3-25(13-18-23-20(24-30-18)17-6-5-11-31-17)19(27)7-4-10-26(32(2,28)29)14-8-9-15(21)16(22)12-14/h5-6,8-9,11-12H,3-4,7,10,13H2,1-2H3. The zero-order valence-corrected chi connectivity index (χ0v) is 19.1. The summed E-state index contributed by atoms with van der Waals surface area (Å²) in [6.07, 6.45) is 1.20. The summed E-state index contributed by atoms with van der Waals surface area (Å²) in [5.74, 6) is -1.69. The van der Waals surface area contributed by atoms with Crippen LogP contribution in [0.2, 0.25) is 0 Å². The molecule has 0 radical (unpaired) electrons. The molecular weight excluding hydrogens is 462 g/mol. The van der Waals surface area contributed by atoms with E-state index in [1.165, 1.54) is 22.3 Å². The summed E-state index contributed by atoms with van der Waals surface area (Å²) in [5.41, 5.74) is -0.00170. The predicted molar refractivity (Wildman–Crippen MR) is 116 cm³/mol. The Morgan fingerprint density at radius 1 is 1.22 bits per heavy atom. The summed E-state index contributed by atoms with van der Waals surface area (Å²) >= 11 is 1.47. The minimum atomic E-state index is -3.75. The first kappa shape index (κ1) is 23.8. The lowest BCUT2D eigenvalue weighted by Gasteiger charge is -2.23. The molecule has 0 aliphatic carbocycles. The van der Waals surface area contributed by atoms with Crippen LogP contribution >= 0.6 is 11.3 Å². The number of nitrogens with zero attached hydrogens (tertiary/aromatic N) is 4. The Bertz CT molecular complexity index is 1170. The maximum atomic E-state index is 13.6. The van der Waals surface area contributed by atoms with Gasteiger partial charge >= 0.3 is 0 Å². The lowest BCUT2D eigenvalue weighted by Crippen LogP contribution is -2.33. The fourth-order valence-electron chi connectivity index (χ4n) is 3.02. The van der Waals surface area contributed by atoms with Gasteiger partial charge in [0, 0.05) is 25.6 Å². The molecule has 2 aromatic heterocycles. The minimum Gasteiger partial charge on any atom is -0.337 e. The zero-order valence-electron chi connectivity index (χ0n) is 17.5. The molecule has 0 saturated heterocycles. The summed E-state index contributed by atoms with van der Waals surface area (Å²) in [5, 5.41) is 5.82. The summed E-state index contributed by atoms with van der Waals surface area (Å²) in [6, 6.07) is 6.60. The van der Waals surface area contributed by atoms with E-state index in [1.54, 1.807) is 6.92 Å². The maximum absolute atomic E-state index is 13.6. The molecule has 0 N–H and O–H groups in total. The van der Waals surface area contributed by atoms with E-state index in [0.717, 1.165) is 27.6 Å². The number of rotatable bonds is 10. The third-order valence-electron chi connectivity index (χ3n) is 4.61. The largest absolute Gasteiger partial charge is 0.337 e. The van der Waals surface area contributed by atoms with Gasteiger partial charge in [0.05, 0.1) is 23.4 Å². The fraction of sp³-hybridized carbons (Fsp3) is 0.350. The first-order valence-electron chi connectivity index (χ1n) is 9.76. The summed E-state index contributed by atoms with van der Waals surface area (Å²) in [4.78, 5) is 19.3. The van der Waals surface area contributed by atoms with Crippen LogP contribution in [0.3, 0.4) is 0 Å². The van der Waals surface area contributed by atoms with E-state index >= 15 is 0 Å². The molecule has 32 heavy (non-hydrogen) atoms.